The second-order valence-corrected chi connectivity index (χ2v) is 7.26. The molecule has 6 nitrogen and oxygen atoms in total. The molecule has 0 radical (unpaired) electrons. The van der Waals surface area contributed by atoms with Gasteiger partial charge in [0.05, 0.1) is 26.6 Å². The molecule has 2 aromatic rings. The minimum atomic E-state index is -4.28. The van der Waals surface area contributed by atoms with Gasteiger partial charge >= 0.3 is 13.6 Å². The molecular weight excluding hydrogens is 327 g/mol. The van der Waals surface area contributed by atoms with Crippen molar-refractivity contribution in [2.24, 2.45) is 0 Å². The average Bonchev–Trinajstić information content (AvgIpc) is 2.79. The standard InChI is InChI=1S/C14H15O6PS/c1-19-7-10(14(15)20-2)13-9-5-3-4-6-11(9)22-12(13)8-21(16,17)18/h3-7H,8H2,1-2H3,(H2,16,17,18)/b10-7+. The summed E-state index contributed by atoms with van der Waals surface area (Å²) >= 11 is 1.24. The molecule has 22 heavy (non-hydrogen) atoms. The van der Waals surface area contributed by atoms with E-state index in [1.807, 2.05) is 12.1 Å². The van der Waals surface area contributed by atoms with E-state index in [0.717, 1.165) is 10.1 Å². The number of methoxy groups -OCH3 is 2. The van der Waals surface area contributed by atoms with E-state index in [1.165, 1.54) is 31.8 Å². The van der Waals surface area contributed by atoms with Gasteiger partial charge in [-0.3, -0.25) is 4.57 Å². The molecule has 2 N–H and O–H groups in total. The van der Waals surface area contributed by atoms with E-state index in [1.54, 1.807) is 12.1 Å². The molecule has 8 heteroatoms. The summed E-state index contributed by atoms with van der Waals surface area (Å²) in [6.07, 6.45) is 0.781. The Morgan fingerprint density at radius 2 is 2.00 bits per heavy atom. The molecule has 0 spiro atoms. The fourth-order valence-corrected chi connectivity index (χ4v) is 4.44. The molecule has 0 aliphatic rings. The van der Waals surface area contributed by atoms with Crippen LogP contribution in [-0.2, 0) is 25.0 Å². The Labute approximate surface area is 131 Å². The highest BCUT2D eigenvalue weighted by Crippen LogP contribution is 2.46. The Morgan fingerprint density at radius 3 is 2.59 bits per heavy atom. The molecule has 118 valence electrons. The number of carbonyl (C=O) groups is 1. The number of esters is 1. The largest absolute Gasteiger partial charge is 0.503 e. The van der Waals surface area contributed by atoms with Gasteiger partial charge in [0.2, 0.25) is 0 Å². The number of benzene rings is 1. The first-order chi connectivity index (χ1) is 10.4. The molecule has 0 saturated carbocycles. The highest BCUT2D eigenvalue weighted by molar-refractivity contribution is 7.51. The molecule has 0 atom stereocenters. The van der Waals surface area contributed by atoms with Crippen LogP contribution in [0.15, 0.2) is 30.5 Å². The Morgan fingerprint density at radius 1 is 1.32 bits per heavy atom. The molecular formula is C14H15O6PS. The maximum atomic E-state index is 12.0. The summed E-state index contributed by atoms with van der Waals surface area (Å²) in [4.78, 5) is 31.0. The third-order valence-electron chi connectivity index (χ3n) is 2.93. The number of hydrogen-bond acceptors (Lipinski definition) is 5. The second kappa shape index (κ2) is 6.62. The van der Waals surface area contributed by atoms with Crippen LogP contribution in [0.1, 0.15) is 10.4 Å². The van der Waals surface area contributed by atoms with Gasteiger partial charge in [-0.2, -0.15) is 0 Å². The van der Waals surface area contributed by atoms with Crippen molar-refractivity contribution in [2.45, 2.75) is 6.16 Å². The highest BCUT2D eigenvalue weighted by Gasteiger charge is 2.26. The molecule has 0 bridgehead atoms. The first-order valence-corrected chi connectivity index (χ1v) is 8.85. The van der Waals surface area contributed by atoms with Crippen molar-refractivity contribution in [1.29, 1.82) is 0 Å². The van der Waals surface area contributed by atoms with Gasteiger partial charge in [0.25, 0.3) is 0 Å². The van der Waals surface area contributed by atoms with Crippen molar-refractivity contribution in [3.8, 4) is 0 Å². The third-order valence-corrected chi connectivity index (χ3v) is 5.04. The van der Waals surface area contributed by atoms with E-state index in [0.29, 0.717) is 10.4 Å². The lowest BCUT2D eigenvalue weighted by Gasteiger charge is -2.09. The van der Waals surface area contributed by atoms with Crippen LogP contribution >= 0.6 is 18.9 Å². The third kappa shape index (κ3) is 3.56. The lowest BCUT2D eigenvalue weighted by Crippen LogP contribution is -2.06. The van der Waals surface area contributed by atoms with Crippen molar-refractivity contribution in [1.82, 2.24) is 0 Å². The van der Waals surface area contributed by atoms with E-state index in [9.17, 15) is 19.1 Å². The maximum absolute atomic E-state index is 12.0. The summed E-state index contributed by atoms with van der Waals surface area (Å²) < 4.78 is 21.9. The topological polar surface area (TPSA) is 93.1 Å². The fourth-order valence-electron chi connectivity index (χ4n) is 2.13. The Bertz CT molecular complexity index is 773. The zero-order valence-electron chi connectivity index (χ0n) is 12.0. The highest BCUT2D eigenvalue weighted by atomic mass is 32.1. The lowest BCUT2D eigenvalue weighted by molar-refractivity contribution is -0.133. The summed E-state index contributed by atoms with van der Waals surface area (Å²) in [5.74, 6) is -0.627. The molecule has 0 amide bonds. The first-order valence-electron chi connectivity index (χ1n) is 6.24. The van der Waals surface area contributed by atoms with Crippen LogP contribution in [0.3, 0.4) is 0 Å². The van der Waals surface area contributed by atoms with Gasteiger partial charge in [-0.05, 0) is 6.07 Å². The van der Waals surface area contributed by atoms with Gasteiger partial charge in [0.1, 0.15) is 5.57 Å². The Kier molecular flexibility index (Phi) is 5.03. The number of hydrogen-bond donors (Lipinski definition) is 2. The molecule has 1 aromatic carbocycles. The Balaban J connectivity index is 2.72. The summed E-state index contributed by atoms with van der Waals surface area (Å²) in [6.45, 7) is 0. The summed E-state index contributed by atoms with van der Waals surface area (Å²) in [5, 5.41) is 0.727. The smallest absolute Gasteiger partial charge is 0.341 e. The van der Waals surface area contributed by atoms with Crippen LogP contribution < -0.4 is 0 Å². The van der Waals surface area contributed by atoms with Crippen molar-refractivity contribution in [2.75, 3.05) is 14.2 Å². The molecule has 1 heterocycles. The number of fused-ring (bicyclic) bond motifs is 1. The van der Waals surface area contributed by atoms with E-state index in [-0.39, 0.29) is 5.57 Å². The van der Waals surface area contributed by atoms with Crippen molar-refractivity contribution in [3.05, 3.63) is 41.0 Å². The van der Waals surface area contributed by atoms with Gasteiger partial charge in [0.15, 0.2) is 0 Å². The molecule has 1 aromatic heterocycles. The number of thiophene rings is 1. The predicted molar refractivity (Wildman–Crippen MR) is 84.6 cm³/mol. The molecule has 0 unspecified atom stereocenters. The second-order valence-electron chi connectivity index (χ2n) is 4.48. The number of carbonyl (C=O) groups excluding carboxylic acids is 1. The van der Waals surface area contributed by atoms with Gasteiger partial charge < -0.3 is 19.3 Å². The minimum Gasteiger partial charge on any atom is -0.503 e. The predicted octanol–water partition coefficient (Wildman–Crippen LogP) is 2.74. The zero-order valence-corrected chi connectivity index (χ0v) is 13.7. The minimum absolute atomic E-state index is 0.130. The van der Waals surface area contributed by atoms with Crippen LogP contribution in [0, 0.1) is 0 Å². The summed E-state index contributed by atoms with van der Waals surface area (Å²) in [7, 11) is -1.65. The van der Waals surface area contributed by atoms with Crippen molar-refractivity contribution in [3.63, 3.8) is 0 Å². The van der Waals surface area contributed by atoms with E-state index >= 15 is 0 Å². The fraction of sp³-hybridized carbons (Fsp3) is 0.214. The van der Waals surface area contributed by atoms with Crippen LogP contribution in [0.4, 0.5) is 0 Å². The summed E-state index contributed by atoms with van der Waals surface area (Å²) in [5.41, 5.74) is 0.573. The van der Waals surface area contributed by atoms with E-state index < -0.39 is 19.7 Å². The van der Waals surface area contributed by atoms with E-state index in [2.05, 4.69) is 0 Å². The molecule has 0 aliphatic heterocycles. The molecule has 2 rings (SSSR count). The lowest BCUT2D eigenvalue weighted by atomic mass is 10.0. The van der Waals surface area contributed by atoms with Gasteiger partial charge in [-0.1, -0.05) is 18.2 Å². The van der Waals surface area contributed by atoms with Crippen LogP contribution in [0.5, 0.6) is 0 Å². The SMILES string of the molecule is CO/C=C(/C(=O)OC)c1c(CP(=O)(O)O)sc2ccccc12. The van der Waals surface area contributed by atoms with Crippen LogP contribution in [0.2, 0.25) is 0 Å². The van der Waals surface area contributed by atoms with E-state index in [4.69, 9.17) is 9.47 Å². The first kappa shape index (κ1) is 16.7. The van der Waals surface area contributed by atoms with Crippen LogP contribution in [0.25, 0.3) is 15.7 Å². The molecule has 0 fully saturated rings. The molecule has 0 saturated heterocycles. The number of ether oxygens (including phenoxy) is 2. The number of rotatable bonds is 5. The van der Waals surface area contributed by atoms with Crippen molar-refractivity contribution >= 4 is 40.6 Å². The van der Waals surface area contributed by atoms with Gasteiger partial charge in [0, 0.05) is 20.5 Å². The van der Waals surface area contributed by atoms with Gasteiger partial charge in [-0.25, -0.2) is 4.79 Å². The summed E-state index contributed by atoms with van der Waals surface area (Å²) in [6, 6.07) is 7.23. The van der Waals surface area contributed by atoms with Crippen LogP contribution in [-0.4, -0.2) is 30.0 Å². The van der Waals surface area contributed by atoms with Crippen molar-refractivity contribution < 1.29 is 28.6 Å². The maximum Gasteiger partial charge on any atom is 0.341 e. The zero-order chi connectivity index (χ0) is 16.3. The average molecular weight is 342 g/mol. The monoisotopic (exact) mass is 342 g/mol. The quantitative estimate of drug-likeness (QED) is 0.376. The normalized spacial score (nSPS) is 12.5. The Hall–Kier alpha value is -1.66. The van der Waals surface area contributed by atoms with Gasteiger partial charge in [-0.15, -0.1) is 11.3 Å². The molecule has 0 aliphatic carbocycles.